The van der Waals surface area contributed by atoms with Crippen LogP contribution in [0.1, 0.15) is 18.4 Å². The zero-order valence-corrected chi connectivity index (χ0v) is 10.8. The molecule has 0 aromatic heterocycles. The van der Waals surface area contributed by atoms with E-state index in [1.165, 1.54) is 0 Å². The van der Waals surface area contributed by atoms with Crippen molar-refractivity contribution in [1.29, 1.82) is 0 Å². The minimum absolute atomic E-state index is 0.171. The minimum Gasteiger partial charge on any atom is -0.307 e. The number of aliphatic imine (C=N–C) groups is 1. The van der Waals surface area contributed by atoms with Crippen molar-refractivity contribution in [2.45, 2.75) is 25.4 Å². The van der Waals surface area contributed by atoms with E-state index >= 15 is 0 Å². The van der Waals surface area contributed by atoms with Crippen LogP contribution in [0.3, 0.4) is 0 Å². The highest BCUT2D eigenvalue weighted by Crippen LogP contribution is 2.12. The summed E-state index contributed by atoms with van der Waals surface area (Å²) in [5.74, 6) is 5.79. The lowest BCUT2D eigenvalue weighted by Crippen LogP contribution is -2.29. The van der Waals surface area contributed by atoms with E-state index in [1.807, 2.05) is 24.3 Å². The molecule has 1 aliphatic rings. The maximum atomic E-state index is 5.83. The molecular weight excluding hydrogens is 250 g/mol. The summed E-state index contributed by atoms with van der Waals surface area (Å²) in [6.45, 7) is 1.55. The second-order valence-electron chi connectivity index (χ2n) is 4.17. The fraction of sp³-hybridized carbons (Fsp3) is 0.417. The summed E-state index contributed by atoms with van der Waals surface area (Å²) in [4.78, 5) is 4.47. The Bertz CT molecular complexity index is 434. The van der Waals surface area contributed by atoms with Crippen LogP contribution >= 0.6 is 11.6 Å². The zero-order chi connectivity index (χ0) is 12.8. The summed E-state index contributed by atoms with van der Waals surface area (Å²) in [5.41, 5.74) is 1.09. The van der Waals surface area contributed by atoms with Crippen molar-refractivity contribution in [2.24, 2.45) is 21.2 Å². The van der Waals surface area contributed by atoms with Crippen LogP contribution in [0, 0.1) is 0 Å². The predicted octanol–water partition coefficient (Wildman–Crippen LogP) is 2.32. The molecule has 1 aliphatic heterocycles. The van der Waals surface area contributed by atoms with Crippen LogP contribution in [-0.2, 0) is 6.54 Å². The van der Waals surface area contributed by atoms with Crippen molar-refractivity contribution >= 4 is 17.4 Å². The third kappa shape index (κ3) is 3.51. The Labute approximate surface area is 111 Å². The molecule has 18 heavy (non-hydrogen) atoms. The fourth-order valence-corrected chi connectivity index (χ4v) is 2.06. The van der Waals surface area contributed by atoms with Crippen LogP contribution < -0.4 is 11.2 Å². The fourth-order valence-electron chi connectivity index (χ4n) is 1.94. The molecule has 1 atom stereocenters. The van der Waals surface area contributed by atoms with Gasteiger partial charge in [-0.05, 0) is 37.1 Å². The molecule has 3 N–H and O–H groups in total. The Morgan fingerprint density at radius 1 is 1.39 bits per heavy atom. The van der Waals surface area contributed by atoms with Crippen LogP contribution in [0.5, 0.6) is 0 Å². The monoisotopic (exact) mass is 265 g/mol. The van der Waals surface area contributed by atoms with E-state index in [1.54, 1.807) is 0 Å². The van der Waals surface area contributed by atoms with E-state index < -0.39 is 0 Å². The van der Waals surface area contributed by atoms with Gasteiger partial charge in [-0.25, -0.2) is 0 Å². The first-order valence-corrected chi connectivity index (χ1v) is 6.30. The van der Waals surface area contributed by atoms with Gasteiger partial charge in [0.1, 0.15) is 0 Å². The lowest BCUT2D eigenvalue weighted by molar-refractivity contribution is 0.743. The van der Waals surface area contributed by atoms with Gasteiger partial charge in [-0.15, -0.1) is 5.11 Å². The smallest absolute Gasteiger partial charge is 0.165 e. The number of hydrogen-bond acceptors (Lipinski definition) is 3. The quantitative estimate of drug-likeness (QED) is 0.289. The van der Waals surface area contributed by atoms with Gasteiger partial charge in [-0.3, -0.25) is 4.99 Å². The number of nitrogens with zero attached hydrogens (tertiary/aromatic N) is 3. The normalized spacial score (nSPS) is 20.7. The van der Waals surface area contributed by atoms with Gasteiger partial charge in [0.2, 0.25) is 0 Å². The molecule has 0 radical (unpaired) electrons. The second-order valence-corrected chi connectivity index (χ2v) is 4.60. The molecule has 0 amide bonds. The van der Waals surface area contributed by atoms with Gasteiger partial charge < -0.3 is 11.2 Å². The summed E-state index contributed by atoms with van der Waals surface area (Å²) in [6, 6.07) is 7.77. The molecule has 96 valence electrons. The van der Waals surface area contributed by atoms with Gasteiger partial charge in [-0.1, -0.05) is 29.0 Å². The molecule has 0 bridgehead atoms. The number of nitrogens with two attached hydrogens (primary N) is 1. The summed E-state index contributed by atoms with van der Waals surface area (Å²) in [6.07, 6.45) is 2.16. The van der Waals surface area contributed by atoms with Crippen molar-refractivity contribution in [3.8, 4) is 0 Å². The van der Waals surface area contributed by atoms with E-state index in [0.29, 0.717) is 12.4 Å². The molecule has 0 saturated carbocycles. The van der Waals surface area contributed by atoms with E-state index in [-0.39, 0.29) is 6.04 Å². The van der Waals surface area contributed by atoms with Gasteiger partial charge >= 0.3 is 0 Å². The molecule has 1 aromatic rings. The molecule has 1 saturated heterocycles. The molecule has 0 aliphatic carbocycles. The first-order valence-electron chi connectivity index (χ1n) is 5.92. The lowest BCUT2D eigenvalue weighted by Gasteiger charge is -2.08. The van der Waals surface area contributed by atoms with Gasteiger partial charge in [0.15, 0.2) is 5.84 Å². The summed E-state index contributed by atoms with van der Waals surface area (Å²) >= 11 is 5.83. The molecule has 1 fully saturated rings. The van der Waals surface area contributed by atoms with Crippen LogP contribution in [-0.4, -0.2) is 18.4 Å². The van der Waals surface area contributed by atoms with Crippen LogP contribution in [0.2, 0.25) is 5.02 Å². The topological polar surface area (TPSA) is 75.1 Å². The third-order valence-corrected chi connectivity index (χ3v) is 3.12. The average molecular weight is 266 g/mol. The van der Waals surface area contributed by atoms with Crippen LogP contribution in [0.4, 0.5) is 0 Å². The van der Waals surface area contributed by atoms with E-state index in [9.17, 15) is 0 Å². The molecule has 0 spiro atoms. The highest BCUT2D eigenvalue weighted by Gasteiger charge is 2.19. The number of hydrogen-bond donors (Lipinski definition) is 2. The Morgan fingerprint density at radius 3 is 2.78 bits per heavy atom. The van der Waals surface area contributed by atoms with Crippen molar-refractivity contribution in [3.63, 3.8) is 0 Å². The van der Waals surface area contributed by atoms with Gasteiger partial charge in [0, 0.05) is 5.02 Å². The van der Waals surface area contributed by atoms with E-state index in [2.05, 4.69) is 20.6 Å². The number of rotatable bonds is 3. The largest absolute Gasteiger partial charge is 0.307 e. The Morgan fingerprint density at radius 2 is 2.17 bits per heavy atom. The SMILES string of the molecule is NN=NC(=NCc1ccc(Cl)cc1)[C@H]1CCCN1. The number of nitrogens with one attached hydrogen (secondary N) is 1. The van der Waals surface area contributed by atoms with Gasteiger partial charge in [0.25, 0.3) is 0 Å². The number of benzene rings is 1. The molecule has 2 rings (SSSR count). The molecule has 1 aromatic carbocycles. The minimum atomic E-state index is 0.171. The van der Waals surface area contributed by atoms with Crippen molar-refractivity contribution < 1.29 is 0 Å². The second kappa shape index (κ2) is 6.47. The zero-order valence-electron chi connectivity index (χ0n) is 10.0. The van der Waals surface area contributed by atoms with Crippen molar-refractivity contribution in [1.82, 2.24) is 5.32 Å². The Balaban J connectivity index is 2.05. The van der Waals surface area contributed by atoms with Crippen LogP contribution in [0.15, 0.2) is 39.6 Å². The lowest BCUT2D eigenvalue weighted by atomic mass is 10.2. The van der Waals surface area contributed by atoms with E-state index in [0.717, 1.165) is 30.0 Å². The summed E-state index contributed by atoms with van der Waals surface area (Å²) < 4.78 is 0. The van der Waals surface area contributed by atoms with Gasteiger partial charge in [0.05, 0.1) is 12.6 Å². The molecule has 1 heterocycles. The molecule has 0 unspecified atom stereocenters. The van der Waals surface area contributed by atoms with Crippen LogP contribution in [0.25, 0.3) is 0 Å². The maximum absolute atomic E-state index is 5.83. The number of amidine groups is 1. The third-order valence-electron chi connectivity index (χ3n) is 2.87. The van der Waals surface area contributed by atoms with E-state index in [4.69, 9.17) is 17.4 Å². The van der Waals surface area contributed by atoms with Crippen molar-refractivity contribution in [2.75, 3.05) is 6.54 Å². The first-order chi connectivity index (χ1) is 8.79. The maximum Gasteiger partial charge on any atom is 0.165 e. The molecule has 5 nitrogen and oxygen atoms in total. The average Bonchev–Trinajstić information content (AvgIpc) is 2.90. The van der Waals surface area contributed by atoms with Gasteiger partial charge in [-0.2, -0.15) is 0 Å². The van der Waals surface area contributed by atoms with Crippen molar-refractivity contribution in [3.05, 3.63) is 34.9 Å². The first kappa shape index (κ1) is 13.0. The summed E-state index contributed by atoms with van der Waals surface area (Å²) in [7, 11) is 0. The Hall–Kier alpha value is -1.46. The predicted molar refractivity (Wildman–Crippen MR) is 72.7 cm³/mol. The summed E-state index contributed by atoms with van der Waals surface area (Å²) in [5, 5.41) is 11.3. The molecule has 6 heteroatoms. The Kier molecular flexibility index (Phi) is 4.66. The highest BCUT2D eigenvalue weighted by atomic mass is 35.5. The molecular formula is C12H16ClN5. The standard InChI is InChI=1S/C12H16ClN5/c13-10-5-3-9(4-6-10)8-16-12(17-18-14)11-2-1-7-15-11/h3-6,11,15H,1-2,7-8H2,(H2,14,16,17)/t11-/m1/s1. The number of halogens is 1. The highest BCUT2D eigenvalue weighted by molar-refractivity contribution is 6.30.